The molecule has 9 heteroatoms. The van der Waals surface area contributed by atoms with Crippen molar-refractivity contribution < 1.29 is 13.2 Å². The number of carbonyl (C=O) groups excluding carboxylic acids is 1. The van der Waals surface area contributed by atoms with Gasteiger partial charge in [-0.25, -0.2) is 13.4 Å². The summed E-state index contributed by atoms with van der Waals surface area (Å²) in [5.41, 5.74) is 3.27. The first-order valence-corrected chi connectivity index (χ1v) is 15.6. The summed E-state index contributed by atoms with van der Waals surface area (Å²) in [6.07, 6.45) is 4.27. The molecule has 8 nitrogen and oxygen atoms in total. The lowest BCUT2D eigenvalue weighted by Gasteiger charge is -2.31. The molecule has 0 saturated heterocycles. The zero-order valence-corrected chi connectivity index (χ0v) is 24.6. The lowest BCUT2D eigenvalue weighted by molar-refractivity contribution is -0.121. The number of rotatable bonds is 13. The van der Waals surface area contributed by atoms with E-state index in [9.17, 15) is 13.2 Å². The molecule has 1 N–H and O–H groups in total. The number of nitrogens with one attached hydrogen (secondary N) is 1. The SMILES string of the molecule is CCC(C)C(CN(Cc1cccc2ccccc12)S(=O)(=O)CC)NC(=O)Cc1cncn1Cc1ccc(C#N)cc1. The molecule has 41 heavy (non-hydrogen) atoms. The summed E-state index contributed by atoms with van der Waals surface area (Å²) < 4.78 is 30.0. The molecule has 2 unspecified atom stereocenters. The smallest absolute Gasteiger partial charge is 0.226 e. The molecule has 3 aromatic carbocycles. The summed E-state index contributed by atoms with van der Waals surface area (Å²) in [4.78, 5) is 17.5. The van der Waals surface area contributed by atoms with Crippen LogP contribution in [0.1, 0.15) is 49.6 Å². The van der Waals surface area contributed by atoms with Gasteiger partial charge in [-0.1, -0.05) is 74.9 Å². The number of aromatic nitrogens is 2. The molecule has 0 radical (unpaired) electrons. The third-order valence-corrected chi connectivity index (χ3v) is 9.43. The largest absolute Gasteiger partial charge is 0.351 e. The van der Waals surface area contributed by atoms with E-state index >= 15 is 0 Å². The first-order chi connectivity index (χ1) is 19.7. The normalized spacial score (nSPS) is 13.1. The van der Waals surface area contributed by atoms with Crippen LogP contribution in [0.25, 0.3) is 10.8 Å². The van der Waals surface area contributed by atoms with Crippen molar-refractivity contribution in [2.24, 2.45) is 5.92 Å². The Bertz CT molecular complexity index is 1620. The van der Waals surface area contributed by atoms with Gasteiger partial charge in [0.15, 0.2) is 0 Å². The fraction of sp³-hybridized carbons (Fsp3) is 0.344. The van der Waals surface area contributed by atoms with Crippen molar-refractivity contribution in [2.75, 3.05) is 12.3 Å². The highest BCUT2D eigenvalue weighted by Crippen LogP contribution is 2.23. The number of fused-ring (bicyclic) bond motifs is 1. The number of sulfonamides is 1. The van der Waals surface area contributed by atoms with E-state index in [1.165, 1.54) is 4.31 Å². The molecule has 0 aliphatic heterocycles. The van der Waals surface area contributed by atoms with Crippen LogP contribution in [0, 0.1) is 17.2 Å². The van der Waals surface area contributed by atoms with Gasteiger partial charge in [0.1, 0.15) is 0 Å². The number of hydrogen-bond acceptors (Lipinski definition) is 5. The lowest BCUT2D eigenvalue weighted by atomic mass is 9.98. The van der Waals surface area contributed by atoms with E-state index in [0.717, 1.165) is 34.0 Å². The minimum atomic E-state index is -3.55. The maximum Gasteiger partial charge on any atom is 0.226 e. The highest BCUT2D eigenvalue weighted by atomic mass is 32.2. The topological polar surface area (TPSA) is 108 Å². The van der Waals surface area contributed by atoms with Crippen LogP contribution in [-0.2, 0) is 34.3 Å². The van der Waals surface area contributed by atoms with Crippen molar-refractivity contribution in [1.82, 2.24) is 19.2 Å². The number of hydrogen-bond donors (Lipinski definition) is 1. The van der Waals surface area contributed by atoms with Gasteiger partial charge in [0.2, 0.25) is 15.9 Å². The number of nitriles is 1. The Morgan fingerprint density at radius 3 is 2.51 bits per heavy atom. The summed E-state index contributed by atoms with van der Waals surface area (Å²) in [5.74, 6) is -0.145. The Hall–Kier alpha value is -4.00. The Balaban J connectivity index is 1.51. The van der Waals surface area contributed by atoms with Gasteiger partial charge in [0, 0.05) is 37.6 Å². The van der Waals surface area contributed by atoms with Gasteiger partial charge in [-0.15, -0.1) is 0 Å². The summed E-state index contributed by atoms with van der Waals surface area (Å²) in [5, 5.41) is 14.3. The van der Waals surface area contributed by atoms with Crippen LogP contribution >= 0.6 is 0 Å². The number of imidazole rings is 1. The van der Waals surface area contributed by atoms with E-state index in [-0.39, 0.29) is 43.1 Å². The van der Waals surface area contributed by atoms with Crippen molar-refractivity contribution in [2.45, 2.75) is 52.7 Å². The Kier molecular flexibility index (Phi) is 9.92. The van der Waals surface area contributed by atoms with Gasteiger partial charge in [-0.2, -0.15) is 9.57 Å². The van der Waals surface area contributed by atoms with Gasteiger partial charge in [-0.05, 0) is 46.9 Å². The minimum Gasteiger partial charge on any atom is -0.351 e. The fourth-order valence-corrected chi connectivity index (χ4v) is 5.98. The summed E-state index contributed by atoms with van der Waals surface area (Å²) in [6, 6.07) is 23.0. The number of nitrogens with zero attached hydrogens (tertiary/aromatic N) is 4. The molecule has 4 aromatic rings. The van der Waals surface area contributed by atoms with Crippen LogP contribution < -0.4 is 5.32 Å². The van der Waals surface area contributed by atoms with Crippen molar-refractivity contribution >= 4 is 26.7 Å². The summed E-state index contributed by atoms with van der Waals surface area (Å²) >= 11 is 0. The first kappa shape index (κ1) is 30.0. The molecular weight excluding hydrogens is 534 g/mol. The van der Waals surface area contributed by atoms with E-state index in [0.29, 0.717) is 12.1 Å². The van der Waals surface area contributed by atoms with Gasteiger partial charge in [0.05, 0.1) is 30.1 Å². The molecule has 0 aliphatic carbocycles. The van der Waals surface area contributed by atoms with E-state index in [2.05, 4.69) is 16.4 Å². The molecule has 214 valence electrons. The standard InChI is InChI=1S/C32H37N5O3S/c1-4-24(3)31(22-37(41(39,40)5-2)21-28-11-8-10-27-9-6-7-12-30(27)28)35-32(38)17-29-19-34-23-36(29)20-26-15-13-25(18-33)14-16-26/h6-16,19,23-24,31H,4-5,17,20-22H2,1-3H3,(H,35,38). The van der Waals surface area contributed by atoms with Crippen LogP contribution in [0.5, 0.6) is 0 Å². The molecule has 4 rings (SSSR count). The molecule has 0 bridgehead atoms. The molecular formula is C32H37N5O3S. The van der Waals surface area contributed by atoms with Crippen LogP contribution in [0.4, 0.5) is 0 Å². The highest BCUT2D eigenvalue weighted by molar-refractivity contribution is 7.89. The van der Waals surface area contributed by atoms with Crippen molar-refractivity contribution in [3.63, 3.8) is 0 Å². The second kappa shape index (κ2) is 13.6. The van der Waals surface area contributed by atoms with Crippen LogP contribution in [0.3, 0.4) is 0 Å². The molecule has 2 atom stereocenters. The van der Waals surface area contributed by atoms with Gasteiger partial charge in [-0.3, -0.25) is 4.79 Å². The van der Waals surface area contributed by atoms with E-state index in [1.54, 1.807) is 31.6 Å². The molecule has 1 amide bonds. The maximum absolute atomic E-state index is 13.3. The fourth-order valence-electron chi connectivity index (χ4n) is 4.89. The van der Waals surface area contributed by atoms with Crippen molar-refractivity contribution in [1.29, 1.82) is 5.26 Å². The molecule has 0 aliphatic rings. The third-order valence-electron chi connectivity index (χ3n) is 7.64. The number of benzene rings is 3. The Morgan fingerprint density at radius 1 is 1.07 bits per heavy atom. The summed E-state index contributed by atoms with van der Waals surface area (Å²) in [7, 11) is -3.55. The monoisotopic (exact) mass is 571 g/mol. The Labute approximate surface area is 242 Å². The van der Waals surface area contributed by atoms with Gasteiger partial charge >= 0.3 is 0 Å². The van der Waals surface area contributed by atoms with Crippen molar-refractivity contribution in [3.8, 4) is 6.07 Å². The van der Waals surface area contributed by atoms with Gasteiger partial charge in [0.25, 0.3) is 0 Å². The zero-order valence-electron chi connectivity index (χ0n) is 23.8. The van der Waals surface area contributed by atoms with E-state index in [1.807, 2.05) is 73.0 Å². The molecule has 0 spiro atoms. The van der Waals surface area contributed by atoms with Gasteiger partial charge < -0.3 is 9.88 Å². The predicted molar refractivity (Wildman–Crippen MR) is 161 cm³/mol. The van der Waals surface area contributed by atoms with E-state index in [4.69, 9.17) is 5.26 Å². The number of carbonyl (C=O) groups is 1. The van der Waals surface area contributed by atoms with E-state index < -0.39 is 10.0 Å². The minimum absolute atomic E-state index is 0.0204. The Morgan fingerprint density at radius 2 is 1.80 bits per heavy atom. The summed E-state index contributed by atoms with van der Waals surface area (Å²) in [6.45, 7) is 6.67. The van der Waals surface area contributed by atoms with Crippen molar-refractivity contribution in [3.05, 3.63) is 102 Å². The molecule has 0 fully saturated rings. The highest BCUT2D eigenvalue weighted by Gasteiger charge is 2.28. The lowest BCUT2D eigenvalue weighted by Crippen LogP contribution is -2.49. The van der Waals surface area contributed by atoms with Crippen LogP contribution in [-0.4, -0.2) is 46.5 Å². The third kappa shape index (κ3) is 7.60. The zero-order chi connectivity index (χ0) is 29.4. The second-order valence-electron chi connectivity index (χ2n) is 10.4. The van der Waals surface area contributed by atoms with Crippen LogP contribution in [0.15, 0.2) is 79.3 Å². The quantitative estimate of drug-likeness (QED) is 0.246. The molecule has 1 aromatic heterocycles. The molecule has 1 heterocycles. The maximum atomic E-state index is 13.3. The predicted octanol–water partition coefficient (Wildman–Crippen LogP) is 4.88. The van der Waals surface area contributed by atoms with Crippen LogP contribution in [0.2, 0.25) is 0 Å². The second-order valence-corrected chi connectivity index (χ2v) is 12.6. The first-order valence-electron chi connectivity index (χ1n) is 14.0. The molecule has 0 saturated carbocycles. The number of amides is 1. The average Bonchev–Trinajstić information content (AvgIpc) is 3.42. The average molecular weight is 572 g/mol.